The second-order valence-corrected chi connectivity index (χ2v) is 25.2. The standard InChI is InChI=1S/C61H72F3N9O7.C6H14O.C4H10.C2H6/c62-46-17-16-44(53(64)35-46)36-65-37-55(74)73-23-7-12-45(38-73)42-10-6-11-43(34-42)58(76)66-57(41-8-2-1-3-9-41)61(79)71-26-21-48(22-27-71)80-47-19-24-69(25-20-47)39-56(75)70-28-30-72(31-29-70)60(78)51-32-40(15-18-52(51)63)33-54-49-13-4-5-14-50(49)59(77)68-67-54;1-4-5-6(2)7-3;1-3-4-2;1-2/h4-6,10-11,13-18,32,34-35,41,45,47-48,57,65H,1-3,7-9,12,19-31,33,36-39H2,(H,66,76)(H,68,77);6H,4-5H2,1-3H3;3-4H2,1-2H3;1-2H3. The van der Waals surface area contributed by atoms with E-state index in [-0.39, 0.29) is 97.1 Å². The fraction of sp³-hybridized carbons (Fsp3) is 0.575. The highest BCUT2D eigenvalue weighted by Gasteiger charge is 2.37. The molecule has 10 rings (SSSR count). The molecule has 1 aromatic heterocycles. The molecule has 0 radical (unpaired) electrons. The van der Waals surface area contributed by atoms with Crippen LogP contribution in [0, 0.1) is 23.4 Å². The Bertz CT molecular complexity index is 3250. The fourth-order valence-corrected chi connectivity index (χ4v) is 12.9. The van der Waals surface area contributed by atoms with Gasteiger partial charge < -0.3 is 39.7 Å². The summed E-state index contributed by atoms with van der Waals surface area (Å²) < 4.78 is 54.3. The molecule has 0 spiro atoms. The SMILES string of the molecule is CC.CCCC.CCCC(C)OC.O=C(NC(C(=O)N1CCC(OC2CCN(CC(=O)N3CCN(C(=O)c4cc(Cc5n[nH]c(=O)c6ccccc56)ccc4F)CC3)CC2)CC1)C1CCCCC1)c1cccc(C2CCCN(C(=O)CNCc3ccc(F)cc3F)C2)c1. The van der Waals surface area contributed by atoms with E-state index in [0.717, 1.165) is 69.4 Å². The molecule has 5 aromatic rings. The number of piperazine rings is 1. The molecule has 1 aliphatic carbocycles. The number of aromatic amines is 1. The van der Waals surface area contributed by atoms with Gasteiger partial charge in [0.15, 0.2) is 0 Å². The molecular formula is C73H102F3N9O8. The number of nitrogens with zero attached hydrogens (tertiary/aromatic N) is 6. The van der Waals surface area contributed by atoms with Crippen molar-refractivity contribution in [2.45, 2.75) is 181 Å². The first kappa shape index (κ1) is 73.4. The Morgan fingerprint density at radius 1 is 0.667 bits per heavy atom. The number of piperidine rings is 3. The van der Waals surface area contributed by atoms with E-state index in [2.05, 4.69) is 53.4 Å². The molecule has 0 bridgehead atoms. The van der Waals surface area contributed by atoms with Gasteiger partial charge in [-0.25, -0.2) is 18.3 Å². The van der Waals surface area contributed by atoms with Crippen molar-refractivity contribution in [1.82, 2.24) is 45.3 Å². The predicted molar refractivity (Wildman–Crippen MR) is 358 cm³/mol. The maximum atomic E-state index is 15.1. The fourth-order valence-electron chi connectivity index (χ4n) is 12.9. The lowest BCUT2D eigenvalue weighted by Gasteiger charge is -2.40. The van der Waals surface area contributed by atoms with Crippen LogP contribution in [-0.4, -0.2) is 174 Å². The number of methoxy groups -OCH3 is 1. The highest BCUT2D eigenvalue weighted by molar-refractivity contribution is 5.98. The number of ether oxygens (including phenoxy) is 2. The van der Waals surface area contributed by atoms with E-state index in [9.17, 15) is 37.5 Å². The molecule has 5 fully saturated rings. The van der Waals surface area contributed by atoms with E-state index in [0.29, 0.717) is 105 Å². The van der Waals surface area contributed by atoms with Crippen molar-refractivity contribution in [2.75, 3.05) is 85.6 Å². The molecule has 3 N–H and O–H groups in total. The zero-order valence-electron chi connectivity index (χ0n) is 56.1. The number of H-pyrrole nitrogens is 1. The zero-order valence-corrected chi connectivity index (χ0v) is 56.1. The minimum Gasteiger partial charge on any atom is -0.382 e. The Balaban J connectivity index is 0.000000861. The summed E-state index contributed by atoms with van der Waals surface area (Å²) in [7, 11) is 1.75. The van der Waals surface area contributed by atoms with Crippen molar-refractivity contribution >= 4 is 40.3 Å². The Morgan fingerprint density at radius 3 is 2.00 bits per heavy atom. The largest absolute Gasteiger partial charge is 0.382 e. The monoisotopic (exact) mass is 1290 g/mol. The molecule has 17 nitrogen and oxygen atoms in total. The van der Waals surface area contributed by atoms with E-state index in [1.54, 1.807) is 52.1 Å². The lowest BCUT2D eigenvalue weighted by atomic mass is 9.83. The minimum atomic E-state index is -0.661. The number of carbonyl (C=O) groups excluding carboxylic acids is 5. The van der Waals surface area contributed by atoms with Crippen LogP contribution in [0.25, 0.3) is 10.8 Å². The van der Waals surface area contributed by atoms with E-state index in [1.807, 2.05) is 49.1 Å². The Hall–Kier alpha value is -7.00. The van der Waals surface area contributed by atoms with Gasteiger partial charge in [0, 0.05) is 114 Å². The first-order valence-electron chi connectivity index (χ1n) is 34.4. The molecule has 1 saturated carbocycles. The van der Waals surface area contributed by atoms with Gasteiger partial charge in [-0.05, 0) is 118 Å². The average molecular weight is 1290 g/mol. The number of nitrogens with one attached hydrogen (secondary N) is 3. The summed E-state index contributed by atoms with van der Waals surface area (Å²) >= 11 is 0. The molecule has 3 atom stereocenters. The minimum absolute atomic E-state index is 0.000973. The van der Waals surface area contributed by atoms with Crippen molar-refractivity contribution in [2.24, 2.45) is 5.92 Å². The van der Waals surface area contributed by atoms with E-state index < -0.39 is 29.4 Å². The molecule has 508 valence electrons. The van der Waals surface area contributed by atoms with Crippen LogP contribution in [0.2, 0.25) is 0 Å². The number of aromatic nitrogens is 2. The van der Waals surface area contributed by atoms with Crippen LogP contribution in [-0.2, 0) is 36.8 Å². The first-order valence-corrected chi connectivity index (χ1v) is 34.4. The number of carbonyl (C=O) groups is 5. The second-order valence-electron chi connectivity index (χ2n) is 25.2. The van der Waals surface area contributed by atoms with Crippen LogP contribution in [0.4, 0.5) is 13.2 Å². The number of rotatable bonds is 20. The lowest BCUT2D eigenvalue weighted by molar-refractivity contribution is -0.140. The average Bonchev–Trinajstić information content (AvgIpc) is 1.11. The zero-order chi connectivity index (χ0) is 66.8. The number of halogens is 3. The molecule has 5 aliphatic rings. The van der Waals surface area contributed by atoms with Crippen LogP contribution >= 0.6 is 0 Å². The van der Waals surface area contributed by atoms with E-state index in [1.165, 1.54) is 43.9 Å². The van der Waals surface area contributed by atoms with Crippen LogP contribution in [0.15, 0.2) is 89.7 Å². The number of benzene rings is 4. The molecule has 93 heavy (non-hydrogen) atoms. The van der Waals surface area contributed by atoms with Gasteiger partial charge >= 0.3 is 0 Å². The van der Waals surface area contributed by atoms with Crippen LogP contribution < -0.4 is 16.2 Å². The van der Waals surface area contributed by atoms with Gasteiger partial charge in [0.1, 0.15) is 23.5 Å². The Morgan fingerprint density at radius 2 is 1.34 bits per heavy atom. The molecule has 20 heteroatoms. The second kappa shape index (κ2) is 37.8. The molecule has 4 aliphatic heterocycles. The summed E-state index contributed by atoms with van der Waals surface area (Å²) in [6, 6.07) is 21.8. The smallest absolute Gasteiger partial charge is 0.272 e. The number of hydrogen-bond donors (Lipinski definition) is 3. The molecule has 3 unspecified atom stereocenters. The van der Waals surface area contributed by atoms with E-state index in [4.69, 9.17) is 9.47 Å². The summed E-state index contributed by atoms with van der Waals surface area (Å²) in [5.74, 6) is -2.77. The quantitative estimate of drug-likeness (QED) is 0.0672. The maximum Gasteiger partial charge on any atom is 0.272 e. The van der Waals surface area contributed by atoms with Crippen molar-refractivity contribution < 1.29 is 46.6 Å². The van der Waals surface area contributed by atoms with Crippen molar-refractivity contribution in [1.29, 1.82) is 0 Å². The third kappa shape index (κ3) is 21.5. The molecule has 4 aromatic carbocycles. The van der Waals surface area contributed by atoms with E-state index >= 15 is 4.39 Å². The normalized spacial score (nSPS) is 18.2. The van der Waals surface area contributed by atoms with Gasteiger partial charge in [-0.3, -0.25) is 33.7 Å². The number of amides is 5. The van der Waals surface area contributed by atoms with Crippen LogP contribution in [0.3, 0.4) is 0 Å². The summed E-state index contributed by atoms with van der Waals surface area (Å²) in [6.45, 7) is 17.8. The Labute approximate surface area is 548 Å². The van der Waals surface area contributed by atoms with Crippen molar-refractivity contribution in [3.63, 3.8) is 0 Å². The summed E-state index contributed by atoms with van der Waals surface area (Å²) in [5.41, 5.74) is 2.67. The first-order chi connectivity index (χ1) is 45.0. The van der Waals surface area contributed by atoms with Gasteiger partial charge in [-0.1, -0.05) is 116 Å². The summed E-state index contributed by atoms with van der Waals surface area (Å²) in [6.07, 6.45) is 15.3. The topological polar surface area (TPSA) is 190 Å². The third-order valence-corrected chi connectivity index (χ3v) is 18.6. The van der Waals surface area contributed by atoms with Gasteiger partial charge in [-0.15, -0.1) is 0 Å². The maximum absolute atomic E-state index is 15.1. The number of hydrogen-bond acceptors (Lipinski definition) is 11. The van der Waals surface area contributed by atoms with Gasteiger partial charge in [-0.2, -0.15) is 5.10 Å². The Kier molecular flexibility index (Phi) is 29.8. The third-order valence-electron chi connectivity index (χ3n) is 18.6. The van der Waals surface area contributed by atoms with Crippen LogP contribution in [0.5, 0.6) is 0 Å². The van der Waals surface area contributed by atoms with Gasteiger partial charge in [0.2, 0.25) is 17.7 Å². The molecule has 5 heterocycles. The van der Waals surface area contributed by atoms with Gasteiger partial charge in [0.05, 0.1) is 48.0 Å². The lowest BCUT2D eigenvalue weighted by Crippen LogP contribution is -2.55. The molecule has 5 amide bonds. The predicted octanol–water partition coefficient (Wildman–Crippen LogP) is 11.2. The van der Waals surface area contributed by atoms with Crippen LogP contribution in [0.1, 0.15) is 187 Å². The molecule has 4 saturated heterocycles. The van der Waals surface area contributed by atoms with Crippen molar-refractivity contribution in [3.8, 4) is 0 Å². The van der Waals surface area contributed by atoms with Crippen molar-refractivity contribution in [3.05, 3.63) is 146 Å². The number of likely N-dealkylation sites (tertiary alicyclic amines) is 3. The van der Waals surface area contributed by atoms with Gasteiger partial charge in [0.25, 0.3) is 17.4 Å². The number of fused-ring (bicyclic) bond motifs is 1. The summed E-state index contributed by atoms with van der Waals surface area (Å²) in [4.78, 5) is 90.4. The highest BCUT2D eigenvalue weighted by atomic mass is 19.1. The summed E-state index contributed by atoms with van der Waals surface area (Å²) in [5, 5.41) is 14.1. The number of unbranched alkanes of at least 4 members (excludes halogenated alkanes) is 1. The molecular weight excluding hydrogens is 1190 g/mol. The highest BCUT2D eigenvalue weighted by Crippen LogP contribution is 2.31.